The quantitative estimate of drug-likeness (QED) is 0.848. The molecule has 1 saturated carbocycles. The minimum absolute atomic E-state index is 0.0998. The van der Waals surface area contributed by atoms with Crippen molar-refractivity contribution in [2.24, 2.45) is 0 Å². The molecule has 0 radical (unpaired) electrons. The Morgan fingerprint density at radius 2 is 2.14 bits per heavy atom. The highest BCUT2D eigenvalue weighted by molar-refractivity contribution is 5.77. The molecule has 6 nitrogen and oxygen atoms in total. The van der Waals surface area contributed by atoms with Gasteiger partial charge in [-0.1, -0.05) is 0 Å². The van der Waals surface area contributed by atoms with Crippen LogP contribution in [-0.4, -0.2) is 53.2 Å². The lowest BCUT2D eigenvalue weighted by atomic mass is 10.0. The average molecular weight is 292 g/mol. The second-order valence-corrected chi connectivity index (χ2v) is 5.99. The third-order valence-corrected chi connectivity index (χ3v) is 4.37. The Kier molecular flexibility index (Phi) is 4.55. The summed E-state index contributed by atoms with van der Waals surface area (Å²) in [6.07, 6.45) is 8.48. The van der Waals surface area contributed by atoms with Gasteiger partial charge in [0, 0.05) is 45.0 Å². The zero-order valence-corrected chi connectivity index (χ0v) is 12.6. The number of carbonyl (C=O) groups excluding carboxylic acids is 1. The van der Waals surface area contributed by atoms with Crippen LogP contribution in [0.2, 0.25) is 0 Å². The average Bonchev–Trinajstić information content (AvgIpc) is 3.24. The van der Waals surface area contributed by atoms with Crippen LogP contribution < -0.4 is 5.32 Å². The topological polar surface area (TPSA) is 59.4 Å². The predicted octanol–water partition coefficient (Wildman–Crippen LogP) is 0.945. The van der Waals surface area contributed by atoms with E-state index >= 15 is 0 Å². The Labute approximate surface area is 125 Å². The van der Waals surface area contributed by atoms with Gasteiger partial charge in [0.05, 0.1) is 12.0 Å². The van der Waals surface area contributed by atoms with Crippen LogP contribution in [0.25, 0.3) is 0 Å². The Balaban J connectivity index is 1.43. The van der Waals surface area contributed by atoms with Gasteiger partial charge in [0.2, 0.25) is 5.91 Å². The van der Waals surface area contributed by atoms with E-state index in [9.17, 15) is 4.79 Å². The first-order chi connectivity index (χ1) is 10.3. The van der Waals surface area contributed by atoms with Crippen LogP contribution in [-0.2, 0) is 16.1 Å². The van der Waals surface area contributed by atoms with Crippen molar-refractivity contribution in [1.29, 1.82) is 0 Å². The van der Waals surface area contributed by atoms with E-state index in [-0.39, 0.29) is 12.5 Å². The van der Waals surface area contributed by atoms with E-state index in [4.69, 9.17) is 4.74 Å². The molecule has 1 aliphatic carbocycles. The van der Waals surface area contributed by atoms with Crippen molar-refractivity contribution < 1.29 is 9.53 Å². The van der Waals surface area contributed by atoms with Crippen LogP contribution in [0.4, 0.5) is 0 Å². The number of aromatic nitrogens is 2. The Morgan fingerprint density at radius 1 is 1.38 bits per heavy atom. The lowest BCUT2D eigenvalue weighted by Crippen LogP contribution is -2.45. The number of ether oxygens (including phenoxy) is 1. The van der Waals surface area contributed by atoms with Crippen molar-refractivity contribution in [3.8, 4) is 0 Å². The van der Waals surface area contributed by atoms with E-state index in [1.165, 1.54) is 18.5 Å². The molecule has 116 valence electrons. The maximum atomic E-state index is 11.7. The molecule has 0 spiro atoms. The number of piperidine rings is 1. The maximum absolute atomic E-state index is 11.7. The van der Waals surface area contributed by atoms with Gasteiger partial charge in [-0.05, 0) is 25.7 Å². The molecule has 2 aliphatic rings. The molecule has 0 aromatic carbocycles. The molecule has 1 aromatic rings. The van der Waals surface area contributed by atoms with Gasteiger partial charge in [-0.3, -0.25) is 4.79 Å². The third kappa shape index (κ3) is 3.63. The number of methoxy groups -OCH3 is 1. The van der Waals surface area contributed by atoms with Crippen LogP contribution in [0.5, 0.6) is 0 Å². The fraction of sp³-hybridized carbons (Fsp3) is 0.733. The summed E-state index contributed by atoms with van der Waals surface area (Å²) in [5, 5.41) is 3.61. The highest BCUT2D eigenvalue weighted by Gasteiger charge is 2.26. The maximum Gasteiger partial charge on any atom is 0.248 e. The Morgan fingerprint density at radius 3 is 2.81 bits per heavy atom. The van der Waals surface area contributed by atoms with Gasteiger partial charge in [-0.25, -0.2) is 4.98 Å². The summed E-state index contributed by atoms with van der Waals surface area (Å²) in [6.45, 7) is 2.70. The summed E-state index contributed by atoms with van der Waals surface area (Å²) < 4.78 is 7.20. The van der Waals surface area contributed by atoms with Gasteiger partial charge in [-0.2, -0.15) is 0 Å². The van der Waals surface area contributed by atoms with E-state index in [0.29, 0.717) is 12.1 Å². The highest BCUT2D eigenvalue weighted by Crippen LogP contribution is 2.35. The molecule has 1 amide bonds. The van der Waals surface area contributed by atoms with Gasteiger partial charge in [-0.15, -0.1) is 0 Å². The van der Waals surface area contributed by atoms with Crippen molar-refractivity contribution >= 4 is 5.91 Å². The Hall–Kier alpha value is -1.40. The van der Waals surface area contributed by atoms with Crippen molar-refractivity contribution in [3.63, 3.8) is 0 Å². The number of hydrogen-bond acceptors (Lipinski definition) is 4. The molecular weight excluding hydrogens is 268 g/mol. The van der Waals surface area contributed by atoms with Gasteiger partial charge < -0.3 is 19.5 Å². The van der Waals surface area contributed by atoms with Crippen LogP contribution in [0.15, 0.2) is 12.5 Å². The van der Waals surface area contributed by atoms with E-state index in [1.807, 2.05) is 17.4 Å². The zero-order chi connectivity index (χ0) is 14.7. The largest absolute Gasteiger partial charge is 0.375 e. The highest BCUT2D eigenvalue weighted by atomic mass is 16.5. The molecular formula is C15H24N4O2. The molecule has 0 atom stereocenters. The van der Waals surface area contributed by atoms with Gasteiger partial charge in [0.25, 0.3) is 0 Å². The SMILES string of the molecule is COCC(=O)N1CCC(NCc2cncn2C2CC2)CC1. The molecule has 6 heteroatoms. The number of nitrogens with zero attached hydrogens (tertiary/aromatic N) is 3. The molecule has 0 bridgehead atoms. The van der Waals surface area contributed by atoms with Gasteiger partial charge in [0.1, 0.15) is 6.61 Å². The Bertz CT molecular complexity index is 476. The smallest absolute Gasteiger partial charge is 0.248 e. The number of hydrogen-bond donors (Lipinski definition) is 1. The van der Waals surface area contributed by atoms with Crippen LogP contribution in [0.3, 0.4) is 0 Å². The van der Waals surface area contributed by atoms with Crippen molar-refractivity contribution in [2.75, 3.05) is 26.8 Å². The minimum Gasteiger partial charge on any atom is -0.375 e. The monoisotopic (exact) mass is 292 g/mol. The van der Waals surface area contributed by atoms with Crippen molar-refractivity contribution in [2.45, 2.75) is 44.3 Å². The molecule has 21 heavy (non-hydrogen) atoms. The second-order valence-electron chi connectivity index (χ2n) is 5.99. The first-order valence-electron chi connectivity index (χ1n) is 7.78. The van der Waals surface area contributed by atoms with Crippen molar-refractivity contribution in [3.05, 3.63) is 18.2 Å². The predicted molar refractivity (Wildman–Crippen MR) is 78.8 cm³/mol. The number of rotatable bonds is 6. The first kappa shape index (κ1) is 14.5. The lowest BCUT2D eigenvalue weighted by Gasteiger charge is -2.32. The van der Waals surface area contributed by atoms with Crippen LogP contribution in [0.1, 0.15) is 37.4 Å². The van der Waals surface area contributed by atoms with E-state index in [1.54, 1.807) is 7.11 Å². The van der Waals surface area contributed by atoms with E-state index in [0.717, 1.165) is 32.5 Å². The molecule has 1 N–H and O–H groups in total. The number of nitrogens with one attached hydrogen (secondary N) is 1. The van der Waals surface area contributed by atoms with Crippen molar-refractivity contribution in [1.82, 2.24) is 19.8 Å². The molecule has 1 saturated heterocycles. The molecule has 1 aromatic heterocycles. The fourth-order valence-electron chi connectivity index (χ4n) is 2.95. The summed E-state index contributed by atoms with van der Waals surface area (Å²) in [7, 11) is 1.56. The summed E-state index contributed by atoms with van der Waals surface area (Å²) in [5.74, 6) is 0.0998. The zero-order valence-electron chi connectivity index (χ0n) is 12.6. The van der Waals surface area contributed by atoms with E-state index in [2.05, 4.69) is 14.9 Å². The molecule has 0 unspecified atom stereocenters. The minimum atomic E-state index is 0.0998. The number of imidazole rings is 1. The normalized spacial score (nSPS) is 20.0. The lowest BCUT2D eigenvalue weighted by molar-refractivity contribution is -0.136. The number of likely N-dealkylation sites (tertiary alicyclic amines) is 1. The number of amides is 1. The standard InChI is InChI=1S/C15H24N4O2/c1-21-10-15(20)18-6-4-12(5-7-18)17-9-14-8-16-11-19(14)13-2-3-13/h8,11-13,17H,2-7,9-10H2,1H3. The fourth-order valence-corrected chi connectivity index (χ4v) is 2.95. The summed E-state index contributed by atoms with van der Waals surface area (Å²) >= 11 is 0. The van der Waals surface area contributed by atoms with E-state index < -0.39 is 0 Å². The molecule has 1 aliphatic heterocycles. The summed E-state index contributed by atoms with van der Waals surface area (Å²) in [5.41, 5.74) is 1.27. The number of carbonyl (C=O) groups is 1. The van der Waals surface area contributed by atoms with Crippen LogP contribution in [0, 0.1) is 0 Å². The third-order valence-electron chi connectivity index (χ3n) is 4.37. The van der Waals surface area contributed by atoms with Crippen LogP contribution >= 0.6 is 0 Å². The van der Waals surface area contributed by atoms with Gasteiger partial charge in [0.15, 0.2) is 0 Å². The first-order valence-corrected chi connectivity index (χ1v) is 7.78. The molecule has 3 rings (SSSR count). The second kappa shape index (κ2) is 6.58. The molecule has 2 fully saturated rings. The van der Waals surface area contributed by atoms with Gasteiger partial charge >= 0.3 is 0 Å². The summed E-state index contributed by atoms with van der Waals surface area (Å²) in [4.78, 5) is 17.9. The molecule has 2 heterocycles. The summed E-state index contributed by atoms with van der Waals surface area (Å²) in [6, 6.07) is 1.16.